The first kappa shape index (κ1) is 17.1. The number of rotatable bonds is 7. The normalized spacial score (nSPS) is 16.7. The van der Waals surface area contributed by atoms with Crippen molar-refractivity contribution in [2.75, 3.05) is 24.6 Å². The molecule has 2 aromatic rings. The maximum absolute atomic E-state index is 12.2. The summed E-state index contributed by atoms with van der Waals surface area (Å²) in [6.07, 6.45) is 8.87. The van der Waals surface area contributed by atoms with E-state index in [4.69, 9.17) is 4.74 Å². The highest BCUT2D eigenvalue weighted by Crippen LogP contribution is 2.26. The van der Waals surface area contributed by atoms with Crippen LogP contribution < -0.4 is 15.0 Å². The maximum Gasteiger partial charge on any atom is 0.257 e. The molecule has 7 nitrogen and oxygen atoms in total. The van der Waals surface area contributed by atoms with Gasteiger partial charge in [-0.3, -0.25) is 9.78 Å². The Morgan fingerprint density at radius 3 is 3.04 bits per heavy atom. The van der Waals surface area contributed by atoms with Crippen LogP contribution in [-0.4, -0.2) is 46.6 Å². The SMILES string of the molecule is CCCOc1nccnc1N1CC[C@H](NC(=O)Cc2cccnc2)C1. The average Bonchev–Trinajstić information content (AvgIpc) is 3.09. The van der Waals surface area contributed by atoms with Gasteiger partial charge in [-0.15, -0.1) is 0 Å². The highest BCUT2D eigenvalue weighted by atomic mass is 16.5. The van der Waals surface area contributed by atoms with Gasteiger partial charge in [0.1, 0.15) is 0 Å². The van der Waals surface area contributed by atoms with Gasteiger partial charge in [0.2, 0.25) is 5.91 Å². The zero-order valence-corrected chi connectivity index (χ0v) is 14.4. The highest BCUT2D eigenvalue weighted by molar-refractivity contribution is 5.78. The minimum atomic E-state index is 0.0152. The molecule has 0 spiro atoms. The van der Waals surface area contributed by atoms with Crippen molar-refractivity contribution < 1.29 is 9.53 Å². The van der Waals surface area contributed by atoms with Gasteiger partial charge < -0.3 is 15.0 Å². The average molecular weight is 341 g/mol. The Balaban J connectivity index is 1.56. The Hall–Kier alpha value is -2.70. The zero-order chi connectivity index (χ0) is 17.5. The van der Waals surface area contributed by atoms with E-state index in [-0.39, 0.29) is 11.9 Å². The first-order chi connectivity index (χ1) is 12.3. The number of aromatic nitrogens is 3. The molecule has 1 aliphatic heterocycles. The number of amides is 1. The summed E-state index contributed by atoms with van der Waals surface area (Å²) in [5, 5.41) is 3.09. The third-order valence-electron chi connectivity index (χ3n) is 4.03. The molecule has 1 fully saturated rings. The number of anilines is 1. The second kappa shape index (κ2) is 8.41. The van der Waals surface area contributed by atoms with Crippen LogP contribution in [0, 0.1) is 0 Å². The van der Waals surface area contributed by atoms with Crippen LogP contribution in [0.1, 0.15) is 25.3 Å². The lowest BCUT2D eigenvalue weighted by Crippen LogP contribution is -2.38. The van der Waals surface area contributed by atoms with Crippen LogP contribution >= 0.6 is 0 Å². The van der Waals surface area contributed by atoms with Crippen LogP contribution in [0.2, 0.25) is 0 Å². The number of carbonyl (C=O) groups is 1. The lowest BCUT2D eigenvalue weighted by molar-refractivity contribution is -0.121. The Morgan fingerprint density at radius 2 is 2.24 bits per heavy atom. The summed E-state index contributed by atoms with van der Waals surface area (Å²) < 4.78 is 5.68. The molecule has 1 saturated heterocycles. The fourth-order valence-corrected chi connectivity index (χ4v) is 2.87. The summed E-state index contributed by atoms with van der Waals surface area (Å²) in [4.78, 5) is 27.1. The molecule has 1 aliphatic rings. The summed E-state index contributed by atoms with van der Waals surface area (Å²) in [5.41, 5.74) is 0.916. The van der Waals surface area contributed by atoms with Crippen LogP contribution in [0.4, 0.5) is 5.82 Å². The molecule has 0 aliphatic carbocycles. The van der Waals surface area contributed by atoms with Crippen molar-refractivity contribution in [1.82, 2.24) is 20.3 Å². The van der Waals surface area contributed by atoms with Crippen molar-refractivity contribution in [1.29, 1.82) is 0 Å². The van der Waals surface area contributed by atoms with Crippen LogP contribution in [0.3, 0.4) is 0 Å². The fraction of sp³-hybridized carbons (Fsp3) is 0.444. The highest BCUT2D eigenvalue weighted by Gasteiger charge is 2.27. The zero-order valence-electron chi connectivity index (χ0n) is 14.4. The number of pyridine rings is 1. The first-order valence-electron chi connectivity index (χ1n) is 8.63. The molecule has 1 N–H and O–H groups in total. The third kappa shape index (κ3) is 4.65. The van der Waals surface area contributed by atoms with Crippen molar-refractivity contribution in [3.63, 3.8) is 0 Å². The van der Waals surface area contributed by atoms with Crippen LogP contribution in [0.25, 0.3) is 0 Å². The van der Waals surface area contributed by atoms with Gasteiger partial charge in [-0.2, -0.15) is 0 Å². The number of nitrogens with one attached hydrogen (secondary N) is 1. The smallest absolute Gasteiger partial charge is 0.257 e. The molecule has 2 aromatic heterocycles. The predicted molar refractivity (Wildman–Crippen MR) is 94.5 cm³/mol. The molecule has 132 valence electrons. The van der Waals surface area contributed by atoms with E-state index in [9.17, 15) is 4.79 Å². The summed E-state index contributed by atoms with van der Waals surface area (Å²) in [6, 6.07) is 3.85. The minimum Gasteiger partial charge on any atom is -0.475 e. The van der Waals surface area contributed by atoms with Crippen LogP contribution in [0.15, 0.2) is 36.9 Å². The minimum absolute atomic E-state index is 0.0152. The second-order valence-electron chi connectivity index (χ2n) is 6.07. The Labute approximate surface area is 147 Å². The quantitative estimate of drug-likeness (QED) is 0.824. The Kier molecular flexibility index (Phi) is 5.77. The van der Waals surface area contributed by atoms with E-state index in [1.54, 1.807) is 24.8 Å². The predicted octanol–water partition coefficient (Wildman–Crippen LogP) is 1.60. The number of hydrogen-bond acceptors (Lipinski definition) is 6. The largest absolute Gasteiger partial charge is 0.475 e. The number of nitrogens with zero attached hydrogens (tertiary/aromatic N) is 4. The molecular formula is C18H23N5O2. The van der Waals surface area contributed by atoms with E-state index in [0.717, 1.165) is 30.8 Å². The second-order valence-corrected chi connectivity index (χ2v) is 6.07. The van der Waals surface area contributed by atoms with Crippen LogP contribution in [0.5, 0.6) is 5.88 Å². The van der Waals surface area contributed by atoms with Crippen LogP contribution in [-0.2, 0) is 11.2 Å². The van der Waals surface area contributed by atoms with Crippen molar-refractivity contribution >= 4 is 11.7 Å². The van der Waals surface area contributed by atoms with Crippen molar-refractivity contribution in [3.05, 3.63) is 42.5 Å². The van der Waals surface area contributed by atoms with Gasteiger partial charge in [-0.1, -0.05) is 13.0 Å². The number of ether oxygens (including phenoxy) is 1. The summed E-state index contributed by atoms with van der Waals surface area (Å²) in [5.74, 6) is 1.33. The Bertz CT molecular complexity index is 695. The standard InChI is InChI=1S/C18H23N5O2/c1-2-10-25-18-17(20-7-8-21-18)23-9-5-15(13-23)22-16(24)11-14-4-3-6-19-12-14/h3-4,6-8,12,15H,2,5,9-11,13H2,1H3,(H,22,24)/t15-/m0/s1. The monoisotopic (exact) mass is 341 g/mol. The molecule has 0 saturated carbocycles. The molecule has 0 aromatic carbocycles. The van der Waals surface area contributed by atoms with Gasteiger partial charge in [0, 0.05) is 43.9 Å². The fourth-order valence-electron chi connectivity index (χ4n) is 2.87. The third-order valence-corrected chi connectivity index (χ3v) is 4.03. The van der Waals surface area contributed by atoms with Gasteiger partial charge in [0.15, 0.2) is 5.82 Å². The molecule has 0 bridgehead atoms. The van der Waals surface area contributed by atoms with Crippen molar-refractivity contribution in [2.24, 2.45) is 0 Å². The molecule has 1 amide bonds. The molecular weight excluding hydrogens is 318 g/mol. The number of hydrogen-bond donors (Lipinski definition) is 1. The van der Waals surface area contributed by atoms with Gasteiger partial charge in [0.25, 0.3) is 5.88 Å². The molecule has 0 radical (unpaired) electrons. The molecule has 0 unspecified atom stereocenters. The lowest BCUT2D eigenvalue weighted by Gasteiger charge is -2.20. The van der Waals surface area contributed by atoms with Gasteiger partial charge in [-0.25, -0.2) is 9.97 Å². The maximum atomic E-state index is 12.2. The molecule has 1 atom stereocenters. The molecule has 25 heavy (non-hydrogen) atoms. The van der Waals surface area contributed by atoms with E-state index in [2.05, 4.69) is 32.1 Å². The van der Waals surface area contributed by atoms with E-state index in [1.165, 1.54) is 0 Å². The van der Waals surface area contributed by atoms with Gasteiger partial charge in [-0.05, 0) is 24.5 Å². The topological polar surface area (TPSA) is 80.2 Å². The molecule has 3 heterocycles. The van der Waals surface area contributed by atoms with E-state index in [1.807, 2.05) is 12.1 Å². The molecule has 7 heteroatoms. The van der Waals surface area contributed by atoms with E-state index in [0.29, 0.717) is 25.5 Å². The summed E-state index contributed by atoms with van der Waals surface area (Å²) in [6.45, 7) is 4.20. The van der Waals surface area contributed by atoms with Crippen molar-refractivity contribution in [2.45, 2.75) is 32.2 Å². The lowest BCUT2D eigenvalue weighted by atomic mass is 10.2. The van der Waals surface area contributed by atoms with E-state index < -0.39 is 0 Å². The van der Waals surface area contributed by atoms with Gasteiger partial charge >= 0.3 is 0 Å². The Morgan fingerprint density at radius 1 is 1.36 bits per heavy atom. The molecule has 3 rings (SSSR count). The summed E-state index contributed by atoms with van der Waals surface area (Å²) >= 11 is 0. The summed E-state index contributed by atoms with van der Waals surface area (Å²) in [7, 11) is 0. The first-order valence-corrected chi connectivity index (χ1v) is 8.63. The number of carbonyl (C=O) groups excluding carboxylic acids is 1. The van der Waals surface area contributed by atoms with E-state index >= 15 is 0 Å². The van der Waals surface area contributed by atoms with Crippen molar-refractivity contribution in [3.8, 4) is 5.88 Å². The van der Waals surface area contributed by atoms with Gasteiger partial charge in [0.05, 0.1) is 13.0 Å².